The van der Waals surface area contributed by atoms with Gasteiger partial charge in [0, 0.05) is 29.9 Å². The Morgan fingerprint density at radius 1 is 1.58 bits per heavy atom. The number of hydrogen-bond donors (Lipinski definition) is 1. The van der Waals surface area contributed by atoms with Gasteiger partial charge >= 0.3 is 0 Å². The quantitative estimate of drug-likeness (QED) is 0.705. The van der Waals surface area contributed by atoms with Crippen LogP contribution in [0.15, 0.2) is 17.5 Å². The molecule has 1 fully saturated rings. The van der Waals surface area contributed by atoms with E-state index in [-0.39, 0.29) is 0 Å². The summed E-state index contributed by atoms with van der Waals surface area (Å²) in [4.78, 5) is 3.74. The van der Waals surface area contributed by atoms with Gasteiger partial charge in [-0.1, -0.05) is 6.07 Å². The van der Waals surface area contributed by atoms with Gasteiger partial charge < -0.3 is 10.6 Å². The molecule has 2 nitrogen and oxygen atoms in total. The van der Waals surface area contributed by atoms with Crippen LogP contribution in [0.4, 0.5) is 0 Å². The molecule has 2 heterocycles. The Kier molecular flexibility index (Phi) is 2.17. The average Bonchev–Trinajstić information content (AvgIpc) is 2.58. The van der Waals surface area contributed by atoms with Gasteiger partial charge in [0.1, 0.15) is 0 Å². The molecule has 0 saturated carbocycles. The van der Waals surface area contributed by atoms with Crippen molar-refractivity contribution in [2.75, 3.05) is 20.1 Å². The Balaban J connectivity index is 2.15. The molecule has 1 aromatic rings. The third-order valence-corrected chi connectivity index (χ3v) is 3.46. The second-order valence-corrected chi connectivity index (χ2v) is 4.49. The molecule has 0 amide bonds. The maximum atomic E-state index is 6.03. The second-order valence-electron chi connectivity index (χ2n) is 3.51. The SMILES string of the molecule is CN1C[C@H](N)[C@H](c2cccs2)C1. The third kappa shape index (κ3) is 1.40. The molecule has 0 aromatic carbocycles. The van der Waals surface area contributed by atoms with Gasteiger partial charge in [-0.3, -0.25) is 0 Å². The van der Waals surface area contributed by atoms with Gasteiger partial charge in [0.15, 0.2) is 0 Å². The van der Waals surface area contributed by atoms with Crippen molar-refractivity contribution in [1.29, 1.82) is 0 Å². The molecule has 3 heteroatoms. The molecule has 2 atom stereocenters. The van der Waals surface area contributed by atoms with E-state index >= 15 is 0 Å². The Morgan fingerprint density at radius 3 is 2.92 bits per heavy atom. The fourth-order valence-electron chi connectivity index (χ4n) is 1.84. The summed E-state index contributed by atoms with van der Waals surface area (Å²) in [6, 6.07) is 4.62. The smallest absolute Gasteiger partial charge is 0.0257 e. The summed E-state index contributed by atoms with van der Waals surface area (Å²) in [6.07, 6.45) is 0. The van der Waals surface area contributed by atoms with Crippen LogP contribution in [0.25, 0.3) is 0 Å². The molecule has 0 unspecified atom stereocenters. The second kappa shape index (κ2) is 3.17. The van der Waals surface area contributed by atoms with E-state index in [1.165, 1.54) is 4.88 Å². The van der Waals surface area contributed by atoms with E-state index in [0.29, 0.717) is 12.0 Å². The van der Waals surface area contributed by atoms with Crippen molar-refractivity contribution in [2.24, 2.45) is 5.73 Å². The third-order valence-electron chi connectivity index (χ3n) is 2.46. The minimum absolute atomic E-state index is 0.327. The predicted molar refractivity (Wildman–Crippen MR) is 52.5 cm³/mol. The molecule has 1 saturated heterocycles. The monoisotopic (exact) mass is 182 g/mol. The van der Waals surface area contributed by atoms with E-state index in [9.17, 15) is 0 Å². The van der Waals surface area contributed by atoms with Crippen molar-refractivity contribution in [1.82, 2.24) is 4.90 Å². The van der Waals surface area contributed by atoms with E-state index in [2.05, 4.69) is 29.5 Å². The van der Waals surface area contributed by atoms with Crippen molar-refractivity contribution >= 4 is 11.3 Å². The van der Waals surface area contributed by atoms with Gasteiger partial charge in [-0.15, -0.1) is 11.3 Å². The highest BCUT2D eigenvalue weighted by molar-refractivity contribution is 7.10. The molecule has 2 rings (SSSR count). The molecule has 0 aliphatic carbocycles. The van der Waals surface area contributed by atoms with E-state index in [0.717, 1.165) is 13.1 Å². The first kappa shape index (κ1) is 8.23. The lowest BCUT2D eigenvalue weighted by Crippen LogP contribution is -2.27. The molecule has 66 valence electrons. The van der Waals surface area contributed by atoms with Crippen LogP contribution >= 0.6 is 11.3 Å². The van der Waals surface area contributed by atoms with Crippen molar-refractivity contribution in [3.63, 3.8) is 0 Å². The van der Waals surface area contributed by atoms with E-state index < -0.39 is 0 Å². The summed E-state index contributed by atoms with van der Waals surface area (Å²) >= 11 is 1.82. The maximum absolute atomic E-state index is 6.03. The van der Waals surface area contributed by atoms with Crippen LogP contribution in [-0.2, 0) is 0 Å². The Morgan fingerprint density at radius 2 is 2.42 bits per heavy atom. The number of likely N-dealkylation sites (tertiary alicyclic amines) is 1. The number of rotatable bonds is 1. The largest absolute Gasteiger partial charge is 0.326 e. The van der Waals surface area contributed by atoms with Crippen molar-refractivity contribution in [3.05, 3.63) is 22.4 Å². The summed E-state index contributed by atoms with van der Waals surface area (Å²) < 4.78 is 0. The van der Waals surface area contributed by atoms with Gasteiger partial charge in [0.25, 0.3) is 0 Å². The van der Waals surface area contributed by atoms with Gasteiger partial charge in [0.05, 0.1) is 0 Å². The molecule has 2 N–H and O–H groups in total. The minimum Gasteiger partial charge on any atom is -0.326 e. The normalized spacial score (nSPS) is 31.2. The zero-order chi connectivity index (χ0) is 8.55. The van der Waals surface area contributed by atoms with E-state index in [4.69, 9.17) is 5.73 Å². The fraction of sp³-hybridized carbons (Fsp3) is 0.556. The first-order valence-corrected chi connectivity index (χ1v) is 5.13. The lowest BCUT2D eigenvalue weighted by molar-refractivity contribution is 0.408. The highest BCUT2D eigenvalue weighted by atomic mass is 32.1. The molecule has 0 bridgehead atoms. The first-order valence-electron chi connectivity index (χ1n) is 4.25. The van der Waals surface area contributed by atoms with Crippen LogP contribution in [0, 0.1) is 0 Å². The minimum atomic E-state index is 0.327. The summed E-state index contributed by atoms with van der Waals surface area (Å²) in [7, 11) is 2.13. The van der Waals surface area contributed by atoms with Crippen molar-refractivity contribution in [3.8, 4) is 0 Å². The lowest BCUT2D eigenvalue weighted by atomic mass is 10.0. The summed E-state index contributed by atoms with van der Waals surface area (Å²) in [5, 5.41) is 2.13. The molecule has 12 heavy (non-hydrogen) atoms. The van der Waals surface area contributed by atoms with Crippen LogP contribution in [0.2, 0.25) is 0 Å². The van der Waals surface area contributed by atoms with Crippen molar-refractivity contribution < 1.29 is 0 Å². The van der Waals surface area contributed by atoms with Crippen LogP contribution in [0.1, 0.15) is 10.8 Å². The highest BCUT2D eigenvalue weighted by Crippen LogP contribution is 2.28. The summed E-state index contributed by atoms with van der Waals surface area (Å²) in [5.74, 6) is 0.565. The molecular formula is C9H14N2S. The lowest BCUT2D eigenvalue weighted by Gasteiger charge is -2.10. The maximum Gasteiger partial charge on any atom is 0.0257 e. The molecule has 1 aliphatic rings. The fourth-order valence-corrected chi connectivity index (χ4v) is 2.73. The van der Waals surface area contributed by atoms with Crippen LogP contribution in [0.5, 0.6) is 0 Å². The average molecular weight is 182 g/mol. The standard InChI is InChI=1S/C9H14N2S/c1-11-5-7(8(10)6-11)9-3-2-4-12-9/h2-4,7-8H,5-6,10H2,1H3/t7-,8+/m1/s1. The number of nitrogens with two attached hydrogens (primary N) is 1. The van der Waals surface area contributed by atoms with Gasteiger partial charge in [-0.05, 0) is 18.5 Å². The summed E-state index contributed by atoms with van der Waals surface area (Å²) in [6.45, 7) is 2.14. The van der Waals surface area contributed by atoms with Gasteiger partial charge in [0.2, 0.25) is 0 Å². The highest BCUT2D eigenvalue weighted by Gasteiger charge is 2.29. The predicted octanol–water partition coefficient (Wildman–Crippen LogP) is 1.10. The molecule has 1 aliphatic heterocycles. The van der Waals surface area contributed by atoms with Crippen molar-refractivity contribution in [2.45, 2.75) is 12.0 Å². The van der Waals surface area contributed by atoms with Gasteiger partial charge in [-0.2, -0.15) is 0 Å². The van der Waals surface area contributed by atoms with Crippen LogP contribution in [-0.4, -0.2) is 31.1 Å². The zero-order valence-corrected chi connectivity index (χ0v) is 8.05. The Labute approximate surface area is 77.0 Å². The first-order chi connectivity index (χ1) is 5.77. The molecule has 0 spiro atoms. The summed E-state index contributed by atoms with van der Waals surface area (Å²) in [5.41, 5.74) is 6.03. The number of thiophene rings is 1. The number of hydrogen-bond acceptors (Lipinski definition) is 3. The number of likely N-dealkylation sites (N-methyl/N-ethyl adjacent to an activating group) is 1. The van der Waals surface area contributed by atoms with Crippen LogP contribution < -0.4 is 5.73 Å². The topological polar surface area (TPSA) is 29.3 Å². The molecule has 0 radical (unpaired) electrons. The Bertz CT molecular complexity index is 245. The Hall–Kier alpha value is -0.380. The molecule has 1 aromatic heterocycles. The molecular weight excluding hydrogens is 168 g/mol. The zero-order valence-electron chi connectivity index (χ0n) is 7.23. The van der Waals surface area contributed by atoms with Gasteiger partial charge in [-0.25, -0.2) is 0 Å². The van der Waals surface area contributed by atoms with Crippen LogP contribution in [0.3, 0.4) is 0 Å². The number of nitrogens with zero attached hydrogens (tertiary/aromatic N) is 1. The van der Waals surface area contributed by atoms with E-state index in [1.807, 2.05) is 11.3 Å². The van der Waals surface area contributed by atoms with E-state index in [1.54, 1.807) is 0 Å².